The van der Waals surface area contributed by atoms with Crippen molar-refractivity contribution >= 4 is 46.8 Å². The van der Waals surface area contributed by atoms with Gasteiger partial charge in [-0.15, -0.1) is 0 Å². The zero-order valence-electron chi connectivity index (χ0n) is 25.7. The molecule has 5 rings (SSSR count). The van der Waals surface area contributed by atoms with Crippen molar-refractivity contribution in [2.75, 3.05) is 33.3 Å². The molecule has 2 aliphatic rings. The number of benzene rings is 3. The molecule has 0 N–H and O–H groups in total. The van der Waals surface area contributed by atoms with Crippen LogP contribution >= 0.6 is 23.2 Å². The third-order valence-corrected chi connectivity index (χ3v) is 8.34. The number of carbonyl (C=O) groups is 3. The standard InChI is InChI=1S/C34H36Cl2N4O5/c1-5-26(41)19-38-16-17-39(20-30(38)42)34(43)40-32(23-8-12-25(36)13-9-23)31(22-6-10-24(35)11-7-22)37-33(40)28-15-14-27(45-21(2)3)18-29(28)44-4/h6-15,18,21,31-32H,5,16-17,19-20H2,1-4H3/t31-,32+/m0/s1. The third-order valence-electron chi connectivity index (χ3n) is 7.83. The monoisotopic (exact) mass is 650 g/mol. The quantitative estimate of drug-likeness (QED) is 0.261. The van der Waals surface area contributed by atoms with Crippen LogP contribution in [-0.2, 0) is 9.59 Å². The molecule has 3 aromatic carbocycles. The Morgan fingerprint density at radius 2 is 1.60 bits per heavy atom. The van der Waals surface area contributed by atoms with Crippen LogP contribution in [0.15, 0.2) is 71.7 Å². The van der Waals surface area contributed by atoms with E-state index in [2.05, 4.69) is 0 Å². The van der Waals surface area contributed by atoms with Crippen LogP contribution in [0.1, 0.15) is 56.0 Å². The summed E-state index contributed by atoms with van der Waals surface area (Å²) in [7, 11) is 1.56. The van der Waals surface area contributed by atoms with Gasteiger partial charge in [-0.05, 0) is 61.4 Å². The first-order valence-electron chi connectivity index (χ1n) is 14.9. The average Bonchev–Trinajstić information content (AvgIpc) is 3.42. The number of ketones is 1. The Morgan fingerprint density at radius 3 is 2.18 bits per heavy atom. The Hall–Kier alpha value is -4.08. The van der Waals surface area contributed by atoms with Gasteiger partial charge in [0.15, 0.2) is 5.78 Å². The molecule has 1 fully saturated rings. The number of amides is 3. The predicted molar refractivity (Wildman–Crippen MR) is 174 cm³/mol. The first kappa shape index (κ1) is 32.3. The second-order valence-electron chi connectivity index (χ2n) is 11.3. The molecule has 0 saturated carbocycles. The van der Waals surface area contributed by atoms with Gasteiger partial charge in [0.25, 0.3) is 0 Å². The van der Waals surface area contributed by atoms with Gasteiger partial charge in [-0.2, -0.15) is 0 Å². The number of piperazine rings is 1. The first-order chi connectivity index (χ1) is 21.6. The van der Waals surface area contributed by atoms with Crippen LogP contribution in [0.5, 0.6) is 11.5 Å². The van der Waals surface area contributed by atoms with Crippen molar-refractivity contribution in [3.05, 3.63) is 93.5 Å². The number of amidine groups is 1. The van der Waals surface area contributed by atoms with Crippen LogP contribution in [-0.4, -0.2) is 77.6 Å². The van der Waals surface area contributed by atoms with Gasteiger partial charge in [0.1, 0.15) is 29.9 Å². The number of Topliss-reactive ketones (excluding diaryl/α,β-unsaturated/α-hetero) is 1. The van der Waals surface area contributed by atoms with Crippen molar-refractivity contribution in [2.45, 2.75) is 45.4 Å². The molecule has 0 spiro atoms. The van der Waals surface area contributed by atoms with E-state index >= 15 is 0 Å². The molecule has 3 aromatic rings. The Kier molecular flexibility index (Phi) is 9.99. The Morgan fingerprint density at radius 1 is 0.956 bits per heavy atom. The van der Waals surface area contributed by atoms with Crippen molar-refractivity contribution in [2.24, 2.45) is 4.99 Å². The molecule has 3 amide bonds. The van der Waals surface area contributed by atoms with E-state index in [1.807, 2.05) is 50.2 Å². The van der Waals surface area contributed by atoms with Crippen molar-refractivity contribution < 1.29 is 23.9 Å². The number of ether oxygens (including phenoxy) is 2. The fourth-order valence-electron chi connectivity index (χ4n) is 5.57. The highest BCUT2D eigenvalue weighted by atomic mass is 35.5. The lowest BCUT2D eigenvalue weighted by atomic mass is 9.93. The number of hydrogen-bond acceptors (Lipinski definition) is 6. The average molecular weight is 652 g/mol. The van der Waals surface area contributed by atoms with E-state index in [4.69, 9.17) is 37.7 Å². The molecule has 2 heterocycles. The summed E-state index contributed by atoms with van der Waals surface area (Å²) in [5.74, 6) is 1.19. The minimum atomic E-state index is -0.586. The fourth-order valence-corrected chi connectivity index (χ4v) is 5.82. The summed E-state index contributed by atoms with van der Waals surface area (Å²) in [5, 5.41) is 1.14. The lowest BCUT2D eigenvalue weighted by molar-refractivity contribution is -0.138. The van der Waals surface area contributed by atoms with E-state index in [9.17, 15) is 14.4 Å². The fraction of sp³-hybridized carbons (Fsp3) is 0.353. The van der Waals surface area contributed by atoms with Crippen molar-refractivity contribution in [1.29, 1.82) is 0 Å². The zero-order valence-corrected chi connectivity index (χ0v) is 27.2. The van der Waals surface area contributed by atoms with Gasteiger partial charge in [0.05, 0.1) is 31.4 Å². The maximum Gasteiger partial charge on any atom is 0.326 e. The van der Waals surface area contributed by atoms with E-state index in [1.54, 1.807) is 49.3 Å². The topological polar surface area (TPSA) is 91.8 Å². The van der Waals surface area contributed by atoms with Gasteiger partial charge in [0, 0.05) is 35.6 Å². The SMILES string of the molecule is CCC(=O)CN1CCN(C(=O)N2C(c3ccc(OC(C)C)cc3OC)=N[C@@H](c3ccc(Cl)cc3)[C@H]2c2ccc(Cl)cc2)CC1=O. The van der Waals surface area contributed by atoms with Crippen LogP contribution in [0.2, 0.25) is 10.0 Å². The zero-order chi connectivity index (χ0) is 32.2. The van der Waals surface area contributed by atoms with Gasteiger partial charge in [-0.1, -0.05) is 54.4 Å². The van der Waals surface area contributed by atoms with E-state index in [1.165, 1.54) is 9.80 Å². The maximum atomic E-state index is 14.6. The number of nitrogens with zero attached hydrogens (tertiary/aromatic N) is 4. The Labute approximate surface area is 273 Å². The van der Waals surface area contributed by atoms with E-state index in [0.29, 0.717) is 39.4 Å². The second kappa shape index (κ2) is 13.9. The normalized spacial score (nSPS) is 18.3. The molecule has 0 radical (unpaired) electrons. The van der Waals surface area contributed by atoms with Crippen molar-refractivity contribution in [3.8, 4) is 11.5 Å². The number of halogens is 2. The van der Waals surface area contributed by atoms with E-state index in [-0.39, 0.29) is 50.0 Å². The summed E-state index contributed by atoms with van der Waals surface area (Å²) < 4.78 is 11.7. The highest BCUT2D eigenvalue weighted by Crippen LogP contribution is 2.45. The second-order valence-corrected chi connectivity index (χ2v) is 12.1. The first-order valence-corrected chi connectivity index (χ1v) is 15.7. The number of urea groups is 1. The molecule has 45 heavy (non-hydrogen) atoms. The van der Waals surface area contributed by atoms with E-state index in [0.717, 1.165) is 11.1 Å². The molecule has 0 unspecified atom stereocenters. The van der Waals surface area contributed by atoms with Gasteiger partial charge < -0.3 is 19.3 Å². The predicted octanol–water partition coefficient (Wildman–Crippen LogP) is 6.58. The molecular formula is C34H36Cl2N4O5. The molecule has 0 aliphatic carbocycles. The number of carbonyl (C=O) groups excluding carboxylic acids is 3. The number of aliphatic imine (C=N–C) groups is 1. The smallest absolute Gasteiger partial charge is 0.326 e. The van der Waals surface area contributed by atoms with Crippen LogP contribution < -0.4 is 9.47 Å². The van der Waals surface area contributed by atoms with Crippen molar-refractivity contribution in [1.82, 2.24) is 14.7 Å². The summed E-state index contributed by atoms with van der Waals surface area (Å²) in [6, 6.07) is 18.7. The molecule has 0 bridgehead atoms. The summed E-state index contributed by atoms with van der Waals surface area (Å²) in [4.78, 5) is 49.7. The maximum absolute atomic E-state index is 14.6. The van der Waals surface area contributed by atoms with E-state index < -0.39 is 12.1 Å². The van der Waals surface area contributed by atoms with Crippen LogP contribution in [0.3, 0.4) is 0 Å². The molecule has 1 saturated heterocycles. The minimum Gasteiger partial charge on any atom is -0.496 e. The van der Waals surface area contributed by atoms with Crippen molar-refractivity contribution in [3.63, 3.8) is 0 Å². The highest BCUT2D eigenvalue weighted by molar-refractivity contribution is 6.30. The molecule has 2 aliphatic heterocycles. The molecule has 11 heteroatoms. The third kappa shape index (κ3) is 7.10. The van der Waals surface area contributed by atoms with Gasteiger partial charge in [-0.25, -0.2) is 4.79 Å². The summed E-state index contributed by atoms with van der Waals surface area (Å²) in [5.41, 5.74) is 2.25. The molecule has 236 valence electrons. The highest BCUT2D eigenvalue weighted by Gasteiger charge is 2.45. The van der Waals surface area contributed by atoms with Crippen LogP contribution in [0, 0.1) is 0 Å². The number of rotatable bonds is 9. The summed E-state index contributed by atoms with van der Waals surface area (Å²) in [6.07, 6.45) is 0.299. The summed E-state index contributed by atoms with van der Waals surface area (Å²) >= 11 is 12.5. The largest absolute Gasteiger partial charge is 0.496 e. The Balaban J connectivity index is 1.61. The number of methoxy groups -OCH3 is 1. The Bertz CT molecular complexity index is 1590. The van der Waals surface area contributed by atoms with Gasteiger partial charge in [-0.3, -0.25) is 19.5 Å². The molecule has 2 atom stereocenters. The molecule has 0 aromatic heterocycles. The van der Waals surface area contributed by atoms with Gasteiger partial charge >= 0.3 is 6.03 Å². The minimum absolute atomic E-state index is 0.0253. The lowest BCUT2D eigenvalue weighted by Crippen LogP contribution is -2.57. The van der Waals surface area contributed by atoms with Crippen LogP contribution in [0.25, 0.3) is 0 Å². The number of hydrogen-bond donors (Lipinski definition) is 0. The molecule has 9 nitrogen and oxygen atoms in total. The van der Waals surface area contributed by atoms with Crippen LogP contribution in [0.4, 0.5) is 4.79 Å². The molecular weight excluding hydrogens is 615 g/mol. The van der Waals surface area contributed by atoms with Gasteiger partial charge in [0.2, 0.25) is 5.91 Å². The lowest BCUT2D eigenvalue weighted by Gasteiger charge is -2.38. The summed E-state index contributed by atoms with van der Waals surface area (Å²) in [6.45, 7) is 6.06.